The summed E-state index contributed by atoms with van der Waals surface area (Å²) in [6.07, 6.45) is -0.229. The minimum absolute atomic E-state index is 0.105. The van der Waals surface area contributed by atoms with Crippen LogP contribution in [0.5, 0.6) is 0 Å². The zero-order valence-corrected chi connectivity index (χ0v) is 7.48. The molecule has 0 amide bonds. The second-order valence-electron chi connectivity index (χ2n) is 3.02. The Morgan fingerprint density at radius 1 is 1.27 bits per heavy atom. The highest BCUT2D eigenvalue weighted by molar-refractivity contribution is 4.61. The molecule has 11 heavy (non-hydrogen) atoms. The third-order valence-electron chi connectivity index (χ3n) is 1.15. The predicted octanol–water partition coefficient (Wildman–Crippen LogP) is 2.70. The normalized spacial score (nSPS) is 13.3. The van der Waals surface area contributed by atoms with Gasteiger partial charge in [-0.3, -0.25) is 0 Å². The van der Waals surface area contributed by atoms with Gasteiger partial charge < -0.3 is 4.74 Å². The van der Waals surface area contributed by atoms with E-state index < -0.39 is 0 Å². The average molecular weight is 157 g/mol. The van der Waals surface area contributed by atoms with E-state index in [-0.39, 0.29) is 18.2 Å². The highest BCUT2D eigenvalue weighted by Gasteiger charge is 2.12. The number of hydrogen-bond acceptors (Lipinski definition) is 2. The molecule has 0 aliphatic carbocycles. The minimum atomic E-state index is -0.333. The van der Waals surface area contributed by atoms with Crippen LogP contribution in [0.15, 0.2) is 5.11 Å². The van der Waals surface area contributed by atoms with Crippen molar-refractivity contribution in [2.45, 2.75) is 40.0 Å². The molecule has 64 valence electrons. The lowest BCUT2D eigenvalue weighted by molar-refractivity contribution is -0.0135. The van der Waals surface area contributed by atoms with Gasteiger partial charge in [0.25, 0.3) is 0 Å². The lowest BCUT2D eigenvalue weighted by atomic mass is 10.2. The Balaban J connectivity index is 4.00. The number of hydrogen-bond donors (Lipinski definition) is 0. The summed E-state index contributed by atoms with van der Waals surface area (Å²) in [7, 11) is 0. The fourth-order valence-corrected chi connectivity index (χ4v) is 0.647. The first-order valence-electron chi connectivity index (χ1n) is 3.77. The standard InChI is InChI=1S/C7H15N3O/c1-5(2)7(9-10-8)11-6(3)4/h5-7H,1-4H3. The summed E-state index contributed by atoms with van der Waals surface area (Å²) >= 11 is 0. The molecule has 1 unspecified atom stereocenters. The maximum absolute atomic E-state index is 8.18. The molecule has 0 aromatic rings. The van der Waals surface area contributed by atoms with Gasteiger partial charge in [0.2, 0.25) is 0 Å². The summed E-state index contributed by atoms with van der Waals surface area (Å²) in [6.45, 7) is 7.76. The van der Waals surface area contributed by atoms with Crippen molar-refractivity contribution in [1.29, 1.82) is 0 Å². The van der Waals surface area contributed by atoms with Crippen molar-refractivity contribution >= 4 is 0 Å². The molecule has 0 fully saturated rings. The fourth-order valence-electron chi connectivity index (χ4n) is 0.647. The van der Waals surface area contributed by atoms with Crippen LogP contribution >= 0.6 is 0 Å². The molecule has 0 rings (SSSR count). The van der Waals surface area contributed by atoms with Crippen molar-refractivity contribution in [2.24, 2.45) is 11.0 Å². The molecule has 0 bridgehead atoms. The topological polar surface area (TPSA) is 58.0 Å². The maximum Gasteiger partial charge on any atom is 0.139 e. The average Bonchev–Trinajstić information content (AvgIpc) is 1.86. The Morgan fingerprint density at radius 2 is 1.82 bits per heavy atom. The lowest BCUT2D eigenvalue weighted by Crippen LogP contribution is -2.20. The van der Waals surface area contributed by atoms with E-state index in [1.54, 1.807) is 0 Å². The monoisotopic (exact) mass is 157 g/mol. The van der Waals surface area contributed by atoms with Crippen LogP contribution in [-0.4, -0.2) is 12.3 Å². The smallest absolute Gasteiger partial charge is 0.139 e. The molecule has 0 aliphatic rings. The van der Waals surface area contributed by atoms with Crippen LogP contribution in [-0.2, 0) is 4.74 Å². The van der Waals surface area contributed by atoms with E-state index in [1.165, 1.54) is 0 Å². The molecule has 0 saturated carbocycles. The zero-order valence-electron chi connectivity index (χ0n) is 7.48. The Hall–Kier alpha value is -0.730. The van der Waals surface area contributed by atoms with Gasteiger partial charge in [-0.15, -0.1) is 0 Å². The molecule has 0 spiro atoms. The minimum Gasteiger partial charge on any atom is -0.369 e. The second kappa shape index (κ2) is 4.99. The molecule has 4 heteroatoms. The van der Waals surface area contributed by atoms with E-state index >= 15 is 0 Å². The summed E-state index contributed by atoms with van der Waals surface area (Å²) in [5.41, 5.74) is 8.18. The molecular weight excluding hydrogens is 142 g/mol. The first kappa shape index (κ1) is 10.3. The van der Waals surface area contributed by atoms with Crippen LogP contribution in [0.3, 0.4) is 0 Å². The number of rotatable bonds is 4. The van der Waals surface area contributed by atoms with Crippen molar-refractivity contribution in [3.63, 3.8) is 0 Å². The van der Waals surface area contributed by atoms with Crippen molar-refractivity contribution < 1.29 is 4.74 Å². The molecule has 0 heterocycles. The van der Waals surface area contributed by atoms with Crippen molar-refractivity contribution in [2.75, 3.05) is 0 Å². The molecule has 1 atom stereocenters. The number of ether oxygens (including phenoxy) is 1. The quantitative estimate of drug-likeness (QED) is 0.351. The van der Waals surface area contributed by atoms with Crippen molar-refractivity contribution in [3.05, 3.63) is 10.4 Å². The molecule has 0 saturated heterocycles. The van der Waals surface area contributed by atoms with Gasteiger partial charge in [0.15, 0.2) is 0 Å². The molecule has 0 N–H and O–H groups in total. The zero-order chi connectivity index (χ0) is 8.85. The van der Waals surface area contributed by atoms with E-state index in [0.717, 1.165) is 0 Å². The molecule has 4 nitrogen and oxygen atoms in total. The Morgan fingerprint density at radius 3 is 2.09 bits per heavy atom. The van der Waals surface area contributed by atoms with Gasteiger partial charge in [-0.05, 0) is 25.3 Å². The Labute approximate surface area is 67.2 Å². The molecule has 0 radical (unpaired) electrons. The number of azide groups is 1. The van der Waals surface area contributed by atoms with Gasteiger partial charge in [0, 0.05) is 4.91 Å². The van der Waals surface area contributed by atoms with Gasteiger partial charge in [0.1, 0.15) is 6.23 Å². The molecular formula is C7H15N3O. The van der Waals surface area contributed by atoms with Crippen LogP contribution in [0.2, 0.25) is 0 Å². The molecule has 0 aromatic carbocycles. The highest BCUT2D eigenvalue weighted by atomic mass is 16.5. The number of nitrogens with zero attached hydrogens (tertiary/aromatic N) is 3. The van der Waals surface area contributed by atoms with Crippen LogP contribution in [0.4, 0.5) is 0 Å². The Kier molecular flexibility index (Phi) is 4.66. The largest absolute Gasteiger partial charge is 0.369 e. The SMILES string of the molecule is CC(C)OC(N=[N+]=[N-])C(C)C. The van der Waals surface area contributed by atoms with E-state index in [1.807, 2.05) is 27.7 Å². The van der Waals surface area contributed by atoms with Crippen molar-refractivity contribution in [1.82, 2.24) is 0 Å². The van der Waals surface area contributed by atoms with Gasteiger partial charge in [-0.1, -0.05) is 19.0 Å². The summed E-state index contributed by atoms with van der Waals surface area (Å²) in [4.78, 5) is 2.71. The third kappa shape index (κ3) is 4.65. The molecule has 0 aromatic heterocycles. The van der Waals surface area contributed by atoms with Gasteiger partial charge in [-0.25, -0.2) is 0 Å². The van der Waals surface area contributed by atoms with E-state index in [4.69, 9.17) is 10.3 Å². The first-order chi connectivity index (χ1) is 5.07. The van der Waals surface area contributed by atoms with Gasteiger partial charge in [0.05, 0.1) is 6.10 Å². The predicted molar refractivity (Wildman–Crippen MR) is 44.0 cm³/mol. The third-order valence-corrected chi connectivity index (χ3v) is 1.15. The summed E-state index contributed by atoms with van der Waals surface area (Å²) in [6, 6.07) is 0. The van der Waals surface area contributed by atoms with Gasteiger partial charge in [-0.2, -0.15) is 0 Å². The van der Waals surface area contributed by atoms with E-state index in [0.29, 0.717) is 0 Å². The highest BCUT2D eigenvalue weighted by Crippen LogP contribution is 2.10. The Bertz CT molecular complexity index is 150. The molecule has 0 aliphatic heterocycles. The van der Waals surface area contributed by atoms with Crippen LogP contribution < -0.4 is 0 Å². The van der Waals surface area contributed by atoms with E-state index in [9.17, 15) is 0 Å². The maximum atomic E-state index is 8.18. The fraction of sp³-hybridized carbons (Fsp3) is 1.00. The van der Waals surface area contributed by atoms with Crippen LogP contribution in [0.25, 0.3) is 10.4 Å². The van der Waals surface area contributed by atoms with E-state index in [2.05, 4.69) is 10.0 Å². The van der Waals surface area contributed by atoms with Gasteiger partial charge >= 0.3 is 0 Å². The van der Waals surface area contributed by atoms with Crippen LogP contribution in [0, 0.1) is 5.92 Å². The first-order valence-corrected chi connectivity index (χ1v) is 3.77. The van der Waals surface area contributed by atoms with Crippen LogP contribution in [0.1, 0.15) is 27.7 Å². The van der Waals surface area contributed by atoms with Crippen molar-refractivity contribution in [3.8, 4) is 0 Å². The summed E-state index contributed by atoms with van der Waals surface area (Å²) < 4.78 is 5.33. The summed E-state index contributed by atoms with van der Waals surface area (Å²) in [5.74, 6) is 0.230. The summed E-state index contributed by atoms with van der Waals surface area (Å²) in [5, 5.41) is 3.52. The lowest BCUT2D eigenvalue weighted by Gasteiger charge is -2.18. The second-order valence-corrected chi connectivity index (χ2v) is 3.02.